The maximum Gasteiger partial charge on any atom is 0.513 e. The van der Waals surface area contributed by atoms with Crippen LogP contribution < -0.4 is 4.74 Å². The molecule has 1 N–H and O–H groups in total. The fourth-order valence-electron chi connectivity index (χ4n) is 0.627. The van der Waals surface area contributed by atoms with E-state index in [1.165, 1.54) is 23.5 Å². The monoisotopic (exact) mass is 233 g/mol. The zero-order valence-electron chi connectivity index (χ0n) is 7.42. The third kappa shape index (κ3) is 3.04. The summed E-state index contributed by atoms with van der Waals surface area (Å²) in [7, 11) is 0. The molecule has 0 aliphatic rings. The Morgan fingerprint density at radius 1 is 1.21 bits per heavy atom. The van der Waals surface area contributed by atoms with Gasteiger partial charge in [-0.05, 0) is 12.5 Å². The van der Waals surface area contributed by atoms with E-state index in [1.54, 1.807) is 12.5 Å². The summed E-state index contributed by atoms with van der Waals surface area (Å²) >= 11 is 2.58. The lowest BCUT2D eigenvalue weighted by atomic mass is 11.0. The highest BCUT2D eigenvalue weighted by Gasteiger charge is 2.09. The molecule has 0 amide bonds. The largest absolute Gasteiger partial charge is 0.513 e. The quantitative estimate of drug-likeness (QED) is 0.619. The zero-order chi connectivity index (χ0) is 10.6. The maximum absolute atomic E-state index is 10.2. The SMILES string of the molecule is CSc1nc(OC(=O)O)nc(SC)n1. The Morgan fingerprint density at radius 3 is 2.07 bits per heavy atom. The summed E-state index contributed by atoms with van der Waals surface area (Å²) in [6.45, 7) is 0. The summed E-state index contributed by atoms with van der Waals surface area (Å²) in [6.07, 6.45) is 2.13. The molecule has 0 aliphatic carbocycles. The molecule has 6 nitrogen and oxygen atoms in total. The summed E-state index contributed by atoms with van der Waals surface area (Å²) in [5.74, 6) is 0. The van der Waals surface area contributed by atoms with Crippen molar-refractivity contribution in [3.63, 3.8) is 0 Å². The van der Waals surface area contributed by atoms with Crippen molar-refractivity contribution in [3.05, 3.63) is 0 Å². The molecule has 0 spiro atoms. The average Bonchev–Trinajstić information content (AvgIpc) is 2.16. The predicted octanol–water partition coefficient (Wildman–Crippen LogP) is 1.37. The van der Waals surface area contributed by atoms with Crippen LogP contribution in [0.2, 0.25) is 0 Å². The molecule has 1 aromatic heterocycles. The van der Waals surface area contributed by atoms with Gasteiger partial charge in [-0.1, -0.05) is 23.5 Å². The third-order valence-electron chi connectivity index (χ3n) is 1.12. The van der Waals surface area contributed by atoms with Crippen molar-refractivity contribution in [1.82, 2.24) is 15.0 Å². The molecular formula is C6H7N3O3S2. The van der Waals surface area contributed by atoms with Crippen LogP contribution in [0.3, 0.4) is 0 Å². The lowest BCUT2D eigenvalue weighted by Gasteiger charge is -2.01. The van der Waals surface area contributed by atoms with Crippen LogP contribution >= 0.6 is 23.5 Å². The van der Waals surface area contributed by atoms with Crippen molar-refractivity contribution in [2.75, 3.05) is 12.5 Å². The number of nitrogens with zero attached hydrogens (tertiary/aromatic N) is 3. The van der Waals surface area contributed by atoms with Gasteiger partial charge in [0, 0.05) is 0 Å². The number of carboxylic acid groups (broad SMARTS) is 1. The van der Waals surface area contributed by atoms with E-state index in [2.05, 4.69) is 19.7 Å². The third-order valence-corrected chi connectivity index (χ3v) is 2.21. The Balaban J connectivity index is 2.98. The molecule has 14 heavy (non-hydrogen) atoms. The molecule has 1 heterocycles. The van der Waals surface area contributed by atoms with Crippen molar-refractivity contribution >= 4 is 29.7 Å². The highest BCUT2D eigenvalue weighted by atomic mass is 32.2. The highest BCUT2D eigenvalue weighted by molar-refractivity contribution is 7.99. The van der Waals surface area contributed by atoms with Crippen LogP contribution in [0.15, 0.2) is 10.3 Å². The van der Waals surface area contributed by atoms with E-state index in [0.717, 1.165) is 0 Å². The zero-order valence-corrected chi connectivity index (χ0v) is 9.05. The lowest BCUT2D eigenvalue weighted by Crippen LogP contribution is -2.08. The standard InChI is InChI=1S/C6H7N3O3S2/c1-13-4-7-3(12-6(10)11)8-5(9-4)14-2/h1-2H3,(H,10,11). The molecule has 8 heteroatoms. The fourth-order valence-corrected chi connectivity index (χ4v) is 1.38. The molecule has 1 aromatic rings. The van der Waals surface area contributed by atoms with Crippen LogP contribution in [0.1, 0.15) is 0 Å². The van der Waals surface area contributed by atoms with Crippen LogP contribution in [-0.4, -0.2) is 38.7 Å². The molecule has 0 aromatic carbocycles. The molecule has 0 saturated heterocycles. The first-order valence-electron chi connectivity index (χ1n) is 3.40. The summed E-state index contributed by atoms with van der Waals surface area (Å²) < 4.78 is 4.33. The van der Waals surface area contributed by atoms with Gasteiger partial charge >= 0.3 is 12.2 Å². The summed E-state index contributed by atoms with van der Waals surface area (Å²) in [5, 5.41) is 9.22. The summed E-state index contributed by atoms with van der Waals surface area (Å²) in [4.78, 5) is 21.8. The number of hydrogen-bond donors (Lipinski definition) is 1. The van der Waals surface area contributed by atoms with Gasteiger partial charge in [0.15, 0.2) is 10.3 Å². The fraction of sp³-hybridized carbons (Fsp3) is 0.333. The van der Waals surface area contributed by atoms with Crippen LogP contribution in [0.4, 0.5) is 4.79 Å². The van der Waals surface area contributed by atoms with Crippen molar-refractivity contribution in [1.29, 1.82) is 0 Å². The second-order valence-corrected chi connectivity index (χ2v) is 3.51. The van der Waals surface area contributed by atoms with Gasteiger partial charge in [-0.2, -0.15) is 15.0 Å². The van der Waals surface area contributed by atoms with Gasteiger partial charge in [0.25, 0.3) is 0 Å². The minimum Gasteiger partial charge on any atom is -0.449 e. The topological polar surface area (TPSA) is 85.2 Å². The number of hydrogen-bond acceptors (Lipinski definition) is 7. The first kappa shape index (κ1) is 11.1. The Bertz CT molecular complexity index is 325. The van der Waals surface area contributed by atoms with E-state index < -0.39 is 6.16 Å². The molecular weight excluding hydrogens is 226 g/mol. The number of carbonyl (C=O) groups is 1. The van der Waals surface area contributed by atoms with E-state index in [1.807, 2.05) is 0 Å². The smallest absolute Gasteiger partial charge is 0.449 e. The average molecular weight is 233 g/mol. The van der Waals surface area contributed by atoms with Crippen molar-refractivity contribution in [3.8, 4) is 6.01 Å². The molecule has 0 bridgehead atoms. The van der Waals surface area contributed by atoms with Gasteiger partial charge in [0.05, 0.1) is 0 Å². The van der Waals surface area contributed by atoms with Gasteiger partial charge in [-0.3, -0.25) is 0 Å². The first-order valence-corrected chi connectivity index (χ1v) is 5.85. The van der Waals surface area contributed by atoms with Crippen molar-refractivity contribution in [2.45, 2.75) is 10.3 Å². The summed E-state index contributed by atoms with van der Waals surface area (Å²) in [6, 6.07) is -0.193. The number of ether oxygens (including phenoxy) is 1. The van der Waals surface area contributed by atoms with Gasteiger partial charge in [-0.15, -0.1) is 0 Å². The van der Waals surface area contributed by atoms with E-state index in [9.17, 15) is 4.79 Å². The van der Waals surface area contributed by atoms with E-state index in [0.29, 0.717) is 10.3 Å². The van der Waals surface area contributed by atoms with Crippen LogP contribution in [0.5, 0.6) is 6.01 Å². The normalized spacial score (nSPS) is 9.86. The highest BCUT2D eigenvalue weighted by Crippen LogP contribution is 2.17. The van der Waals surface area contributed by atoms with E-state index in [-0.39, 0.29) is 6.01 Å². The maximum atomic E-state index is 10.2. The molecule has 1 rings (SSSR count). The Morgan fingerprint density at radius 2 is 1.71 bits per heavy atom. The second kappa shape index (κ2) is 5.01. The first-order chi connectivity index (χ1) is 6.65. The molecule has 0 fully saturated rings. The minimum absolute atomic E-state index is 0.193. The molecule has 0 atom stereocenters. The van der Waals surface area contributed by atoms with Gasteiger partial charge in [0.1, 0.15) is 0 Å². The number of thioether (sulfide) groups is 2. The van der Waals surface area contributed by atoms with Gasteiger partial charge in [-0.25, -0.2) is 4.79 Å². The number of rotatable bonds is 3. The molecule has 76 valence electrons. The predicted molar refractivity (Wildman–Crippen MR) is 52.0 cm³/mol. The Hall–Kier alpha value is -1.02. The molecule has 0 radical (unpaired) electrons. The van der Waals surface area contributed by atoms with Gasteiger partial charge in [0.2, 0.25) is 0 Å². The Labute approximate surface area is 88.5 Å². The number of aromatic nitrogens is 3. The van der Waals surface area contributed by atoms with Crippen LogP contribution in [-0.2, 0) is 0 Å². The van der Waals surface area contributed by atoms with Crippen molar-refractivity contribution in [2.24, 2.45) is 0 Å². The second-order valence-electron chi connectivity index (χ2n) is 1.96. The minimum atomic E-state index is -1.43. The van der Waals surface area contributed by atoms with Gasteiger partial charge < -0.3 is 9.84 Å². The van der Waals surface area contributed by atoms with Crippen LogP contribution in [0.25, 0.3) is 0 Å². The molecule has 0 saturated carbocycles. The summed E-state index contributed by atoms with van der Waals surface area (Å²) in [5.41, 5.74) is 0. The van der Waals surface area contributed by atoms with E-state index in [4.69, 9.17) is 5.11 Å². The Kier molecular flexibility index (Phi) is 3.96. The van der Waals surface area contributed by atoms with Crippen molar-refractivity contribution < 1.29 is 14.6 Å². The molecule has 0 aliphatic heterocycles. The van der Waals surface area contributed by atoms with E-state index >= 15 is 0 Å². The van der Waals surface area contributed by atoms with Crippen LogP contribution in [0, 0.1) is 0 Å². The molecule has 0 unspecified atom stereocenters. The lowest BCUT2D eigenvalue weighted by molar-refractivity contribution is 0.139.